The number of aliphatic hydroxyl groups is 1. The van der Waals surface area contributed by atoms with Crippen molar-refractivity contribution in [2.45, 2.75) is 20.0 Å². The van der Waals surface area contributed by atoms with Crippen molar-refractivity contribution in [2.75, 3.05) is 18.1 Å². The number of nitrogens with one attached hydrogen (secondary N) is 2. The molecule has 1 aromatic heterocycles. The molecule has 0 radical (unpaired) electrons. The number of nitriles is 1. The van der Waals surface area contributed by atoms with Gasteiger partial charge < -0.3 is 20.3 Å². The number of aromatic nitrogens is 2. The highest BCUT2D eigenvalue weighted by atomic mass is 16.3. The molecule has 0 aliphatic rings. The Kier molecular flexibility index (Phi) is 7.19. The van der Waals surface area contributed by atoms with Gasteiger partial charge in [-0.05, 0) is 66.6 Å². The zero-order valence-corrected chi connectivity index (χ0v) is 19.3. The Bertz CT molecular complexity index is 1450. The molecule has 35 heavy (non-hydrogen) atoms. The van der Waals surface area contributed by atoms with Gasteiger partial charge in [-0.15, -0.1) is 0 Å². The Morgan fingerprint density at radius 3 is 2.66 bits per heavy atom. The van der Waals surface area contributed by atoms with Crippen molar-refractivity contribution in [2.24, 2.45) is 0 Å². The van der Waals surface area contributed by atoms with Crippen LogP contribution >= 0.6 is 0 Å². The Labute approximate surface area is 202 Å². The maximum Gasteiger partial charge on any atom is 0.258 e. The molecule has 0 bridgehead atoms. The molecular formula is C27H25N5O3. The molecule has 0 aliphatic carbocycles. The van der Waals surface area contributed by atoms with E-state index >= 15 is 0 Å². The first-order chi connectivity index (χ1) is 17.0. The van der Waals surface area contributed by atoms with Gasteiger partial charge in [0.1, 0.15) is 5.82 Å². The summed E-state index contributed by atoms with van der Waals surface area (Å²) in [5.74, 6) is 0.348. The lowest BCUT2D eigenvalue weighted by Crippen LogP contribution is -2.26. The van der Waals surface area contributed by atoms with E-state index in [0.29, 0.717) is 47.5 Å². The fraction of sp³-hybridized carbons (Fsp3) is 0.185. The van der Waals surface area contributed by atoms with E-state index in [1.165, 1.54) is 0 Å². The number of aryl methyl sites for hydroxylation is 1. The van der Waals surface area contributed by atoms with Crippen LogP contribution in [0.5, 0.6) is 0 Å². The molecule has 176 valence electrons. The molecule has 0 fully saturated rings. The fourth-order valence-electron chi connectivity index (χ4n) is 3.90. The molecule has 8 heteroatoms. The molecule has 0 atom stereocenters. The smallest absolute Gasteiger partial charge is 0.258 e. The number of anilines is 1. The number of hydrogen-bond acceptors (Lipinski definition) is 6. The van der Waals surface area contributed by atoms with E-state index in [9.17, 15) is 14.7 Å². The molecular weight excluding hydrogens is 442 g/mol. The minimum absolute atomic E-state index is 0.0427. The maximum absolute atomic E-state index is 12.6. The normalized spacial score (nSPS) is 10.7. The lowest BCUT2D eigenvalue weighted by molar-refractivity contribution is 0.0951. The first-order valence-electron chi connectivity index (χ1n) is 11.2. The van der Waals surface area contributed by atoms with Gasteiger partial charge in [0.25, 0.3) is 11.5 Å². The molecule has 0 spiro atoms. The molecule has 3 aromatic carbocycles. The zero-order valence-electron chi connectivity index (χ0n) is 19.3. The van der Waals surface area contributed by atoms with Crippen LogP contribution in [-0.2, 0) is 13.1 Å². The first kappa shape index (κ1) is 23.7. The quantitative estimate of drug-likeness (QED) is 0.366. The summed E-state index contributed by atoms with van der Waals surface area (Å²) in [6, 6.07) is 21.9. The maximum atomic E-state index is 12.6. The molecule has 8 nitrogen and oxygen atoms in total. The molecule has 4 aromatic rings. The Hall–Kier alpha value is -4.48. The van der Waals surface area contributed by atoms with Crippen LogP contribution in [0.15, 0.2) is 71.5 Å². The third-order valence-corrected chi connectivity index (χ3v) is 5.64. The Balaban J connectivity index is 1.46. The first-order valence-corrected chi connectivity index (χ1v) is 11.2. The topological polar surface area (TPSA) is 122 Å². The minimum Gasteiger partial charge on any atom is -0.395 e. The van der Waals surface area contributed by atoms with Gasteiger partial charge in [-0.2, -0.15) is 5.26 Å². The Morgan fingerprint density at radius 1 is 1.11 bits per heavy atom. The fourth-order valence-corrected chi connectivity index (χ4v) is 3.90. The van der Waals surface area contributed by atoms with Gasteiger partial charge in [0.15, 0.2) is 0 Å². The van der Waals surface area contributed by atoms with Crippen molar-refractivity contribution < 1.29 is 9.90 Å². The van der Waals surface area contributed by atoms with E-state index in [1.54, 1.807) is 37.3 Å². The van der Waals surface area contributed by atoms with Crippen LogP contribution in [0.25, 0.3) is 10.9 Å². The van der Waals surface area contributed by atoms with Crippen LogP contribution < -0.4 is 15.8 Å². The van der Waals surface area contributed by atoms with Gasteiger partial charge in [-0.1, -0.05) is 18.2 Å². The van der Waals surface area contributed by atoms with Crippen molar-refractivity contribution in [1.82, 2.24) is 15.3 Å². The summed E-state index contributed by atoms with van der Waals surface area (Å²) in [6.45, 7) is 2.89. The molecule has 0 saturated carbocycles. The number of carbonyl (C=O) groups is 1. The summed E-state index contributed by atoms with van der Waals surface area (Å²) in [6.07, 6.45) is 0. The van der Waals surface area contributed by atoms with Crippen molar-refractivity contribution in [1.29, 1.82) is 5.26 Å². The van der Waals surface area contributed by atoms with E-state index in [4.69, 9.17) is 5.26 Å². The number of rotatable bonds is 8. The summed E-state index contributed by atoms with van der Waals surface area (Å²) in [5, 5.41) is 22.0. The molecule has 3 N–H and O–H groups in total. The molecule has 1 heterocycles. The molecule has 0 saturated heterocycles. The van der Waals surface area contributed by atoms with Crippen molar-refractivity contribution in [3.63, 3.8) is 0 Å². The van der Waals surface area contributed by atoms with Gasteiger partial charge in [-0.3, -0.25) is 9.59 Å². The second-order valence-electron chi connectivity index (χ2n) is 8.19. The number of amides is 1. The Morgan fingerprint density at radius 2 is 1.91 bits per heavy atom. The predicted molar refractivity (Wildman–Crippen MR) is 134 cm³/mol. The average molecular weight is 468 g/mol. The van der Waals surface area contributed by atoms with E-state index in [2.05, 4.69) is 21.4 Å². The van der Waals surface area contributed by atoms with Gasteiger partial charge >= 0.3 is 0 Å². The second kappa shape index (κ2) is 10.6. The standard InChI is InChI=1S/C27H25N5O3/c1-18-30-25-10-5-21(14-24(25)27(35)31-18)17-32(11-12-33)23-8-6-22(7-9-23)26(34)29-16-20-4-2-3-19(13-20)15-28/h2-10,13-14,33H,11-12,16-17H2,1H3,(H,29,34)(H,30,31,35). The molecule has 1 amide bonds. The third kappa shape index (κ3) is 5.72. The number of aliphatic hydroxyl groups excluding tert-OH is 1. The lowest BCUT2D eigenvalue weighted by atomic mass is 10.1. The zero-order chi connectivity index (χ0) is 24.8. The number of aromatic amines is 1. The van der Waals surface area contributed by atoms with Crippen LogP contribution in [-0.4, -0.2) is 34.1 Å². The average Bonchev–Trinajstić information content (AvgIpc) is 2.87. The van der Waals surface area contributed by atoms with Crippen LogP contribution in [0, 0.1) is 18.3 Å². The van der Waals surface area contributed by atoms with Crippen LogP contribution in [0.1, 0.15) is 32.9 Å². The van der Waals surface area contributed by atoms with E-state index in [0.717, 1.165) is 16.8 Å². The highest BCUT2D eigenvalue weighted by Gasteiger charge is 2.11. The SMILES string of the molecule is Cc1nc2ccc(CN(CCO)c3ccc(C(=O)NCc4cccc(C#N)c4)cc3)cc2c(=O)[nH]1. The summed E-state index contributed by atoms with van der Waals surface area (Å²) >= 11 is 0. The summed E-state index contributed by atoms with van der Waals surface area (Å²) < 4.78 is 0. The summed E-state index contributed by atoms with van der Waals surface area (Å²) in [7, 11) is 0. The third-order valence-electron chi connectivity index (χ3n) is 5.64. The minimum atomic E-state index is -0.218. The van der Waals surface area contributed by atoms with Gasteiger partial charge in [0.05, 0.1) is 29.1 Å². The molecule has 0 unspecified atom stereocenters. The van der Waals surface area contributed by atoms with Crippen molar-refractivity contribution in [3.8, 4) is 6.07 Å². The number of benzene rings is 3. The van der Waals surface area contributed by atoms with Crippen molar-refractivity contribution >= 4 is 22.5 Å². The van der Waals surface area contributed by atoms with Crippen LogP contribution in [0.4, 0.5) is 5.69 Å². The van der Waals surface area contributed by atoms with Gasteiger partial charge in [0.2, 0.25) is 0 Å². The molecule has 0 aliphatic heterocycles. The number of carbonyl (C=O) groups excluding carboxylic acids is 1. The van der Waals surface area contributed by atoms with E-state index < -0.39 is 0 Å². The molecule has 4 rings (SSSR count). The largest absolute Gasteiger partial charge is 0.395 e. The van der Waals surface area contributed by atoms with Crippen LogP contribution in [0.3, 0.4) is 0 Å². The predicted octanol–water partition coefficient (Wildman–Crippen LogP) is 3.03. The number of fused-ring (bicyclic) bond motifs is 1. The van der Waals surface area contributed by atoms with E-state index in [1.807, 2.05) is 41.3 Å². The summed E-state index contributed by atoms with van der Waals surface area (Å²) in [4.78, 5) is 34.0. The summed E-state index contributed by atoms with van der Waals surface area (Å²) in [5.41, 5.74) is 4.11. The number of H-pyrrole nitrogens is 1. The van der Waals surface area contributed by atoms with Gasteiger partial charge in [-0.25, -0.2) is 4.98 Å². The highest BCUT2D eigenvalue weighted by molar-refractivity contribution is 5.94. The van der Waals surface area contributed by atoms with E-state index in [-0.39, 0.29) is 18.1 Å². The van der Waals surface area contributed by atoms with Gasteiger partial charge in [0, 0.05) is 30.9 Å². The van der Waals surface area contributed by atoms with Crippen LogP contribution in [0.2, 0.25) is 0 Å². The second-order valence-corrected chi connectivity index (χ2v) is 8.19. The number of nitrogens with zero attached hydrogens (tertiary/aromatic N) is 3. The van der Waals surface area contributed by atoms with Crippen molar-refractivity contribution in [3.05, 3.63) is 105 Å². The lowest BCUT2D eigenvalue weighted by Gasteiger charge is -2.24. The number of hydrogen-bond donors (Lipinski definition) is 3. The highest BCUT2D eigenvalue weighted by Crippen LogP contribution is 2.20. The monoisotopic (exact) mass is 467 g/mol.